The summed E-state index contributed by atoms with van der Waals surface area (Å²) in [7, 11) is 3.77. The third-order valence-electron chi connectivity index (χ3n) is 7.34. The predicted molar refractivity (Wildman–Crippen MR) is 177 cm³/mol. The molecule has 0 radical (unpaired) electrons. The molecule has 4 aromatic carbocycles. The highest BCUT2D eigenvalue weighted by molar-refractivity contribution is 5.79. The average Bonchev–Trinajstić information content (AvgIpc) is 3.32. The molecule has 0 fully saturated rings. The van der Waals surface area contributed by atoms with Gasteiger partial charge in [-0.2, -0.15) is 0 Å². The van der Waals surface area contributed by atoms with E-state index in [1.165, 1.54) is 11.1 Å². The van der Waals surface area contributed by atoms with Crippen LogP contribution in [0, 0.1) is 0 Å². The fourth-order valence-electron chi connectivity index (χ4n) is 5.05. The quantitative estimate of drug-likeness (QED) is 0.212. The van der Waals surface area contributed by atoms with Crippen LogP contribution >= 0.6 is 0 Å². The van der Waals surface area contributed by atoms with Gasteiger partial charge >= 0.3 is 0 Å². The molecule has 0 aliphatic heterocycles. The number of hydrogen-bond donors (Lipinski definition) is 0. The Morgan fingerprint density at radius 2 is 1.34 bits per heavy atom. The van der Waals surface area contributed by atoms with Crippen LogP contribution in [0.3, 0.4) is 0 Å². The Morgan fingerprint density at radius 1 is 0.756 bits per heavy atom. The van der Waals surface area contributed by atoms with Crippen molar-refractivity contribution < 1.29 is 4.74 Å². The van der Waals surface area contributed by atoms with Crippen LogP contribution in [0.15, 0.2) is 140 Å². The Morgan fingerprint density at radius 3 is 1.98 bits per heavy atom. The van der Waals surface area contributed by atoms with E-state index < -0.39 is 0 Å². The van der Waals surface area contributed by atoms with Crippen LogP contribution in [0.2, 0.25) is 0 Å². The van der Waals surface area contributed by atoms with E-state index in [0.29, 0.717) is 0 Å². The Balaban J connectivity index is 1.50. The minimum Gasteiger partial charge on any atom is -0.497 e. The molecule has 0 saturated carbocycles. The molecule has 5 rings (SSSR count). The van der Waals surface area contributed by atoms with Gasteiger partial charge in [-0.15, -0.1) is 0 Å². The molecule has 0 unspecified atom stereocenters. The Bertz CT molecular complexity index is 1600. The summed E-state index contributed by atoms with van der Waals surface area (Å²) < 4.78 is 5.32. The van der Waals surface area contributed by atoms with Gasteiger partial charge in [0.2, 0.25) is 0 Å². The minimum atomic E-state index is 0.850. The Hall–Kier alpha value is -5.02. The number of nitrogens with zero attached hydrogens (tertiary/aromatic N) is 2. The van der Waals surface area contributed by atoms with Gasteiger partial charge in [-0.3, -0.25) is 0 Å². The van der Waals surface area contributed by atoms with Gasteiger partial charge in [0.1, 0.15) is 5.75 Å². The fraction of sp³-hybridized carbons (Fsp3) is 0.105. The van der Waals surface area contributed by atoms with Gasteiger partial charge < -0.3 is 14.5 Å². The van der Waals surface area contributed by atoms with Crippen LogP contribution in [0.1, 0.15) is 30.0 Å². The van der Waals surface area contributed by atoms with Crippen LogP contribution < -0.4 is 14.5 Å². The monoisotopic (exact) mass is 536 g/mol. The van der Waals surface area contributed by atoms with Crippen molar-refractivity contribution in [2.45, 2.75) is 13.3 Å². The first-order valence-electron chi connectivity index (χ1n) is 13.9. The molecule has 41 heavy (non-hydrogen) atoms. The van der Waals surface area contributed by atoms with Crippen LogP contribution in [-0.4, -0.2) is 14.2 Å². The molecule has 0 bridgehead atoms. The van der Waals surface area contributed by atoms with Crippen molar-refractivity contribution in [3.8, 4) is 5.75 Å². The highest BCUT2D eigenvalue weighted by Crippen LogP contribution is 2.35. The van der Waals surface area contributed by atoms with Crippen LogP contribution in [0.4, 0.5) is 22.7 Å². The average molecular weight is 537 g/mol. The highest BCUT2D eigenvalue weighted by Gasteiger charge is 2.14. The molecule has 4 aromatic rings. The molecule has 0 saturated heterocycles. The molecule has 3 nitrogen and oxygen atoms in total. The minimum absolute atomic E-state index is 0.850. The fourth-order valence-corrected chi connectivity index (χ4v) is 5.05. The third kappa shape index (κ3) is 6.42. The lowest BCUT2D eigenvalue weighted by Gasteiger charge is -2.28. The molecule has 0 N–H and O–H groups in total. The molecule has 0 spiro atoms. The van der Waals surface area contributed by atoms with Gasteiger partial charge in [-0.05, 0) is 102 Å². The summed E-state index contributed by atoms with van der Waals surface area (Å²) in [6.45, 7) is 6.17. The van der Waals surface area contributed by atoms with E-state index in [-0.39, 0.29) is 0 Å². The summed E-state index contributed by atoms with van der Waals surface area (Å²) in [6.07, 6.45) is 15.9. The van der Waals surface area contributed by atoms with Crippen molar-refractivity contribution in [2.75, 3.05) is 24.0 Å². The van der Waals surface area contributed by atoms with Crippen LogP contribution in [0.25, 0.3) is 17.7 Å². The molecule has 0 atom stereocenters. The van der Waals surface area contributed by atoms with E-state index in [4.69, 9.17) is 4.74 Å². The lowest BCUT2D eigenvalue weighted by molar-refractivity contribution is 0.415. The van der Waals surface area contributed by atoms with Crippen LogP contribution in [0.5, 0.6) is 5.75 Å². The van der Waals surface area contributed by atoms with E-state index in [1.807, 2.05) is 24.3 Å². The summed E-state index contributed by atoms with van der Waals surface area (Å²) >= 11 is 0. The maximum absolute atomic E-state index is 5.32. The second kappa shape index (κ2) is 12.9. The van der Waals surface area contributed by atoms with Crippen molar-refractivity contribution in [2.24, 2.45) is 0 Å². The second-order valence-electron chi connectivity index (χ2n) is 9.96. The third-order valence-corrected chi connectivity index (χ3v) is 7.34. The first kappa shape index (κ1) is 27.5. The topological polar surface area (TPSA) is 15.7 Å². The normalized spacial score (nSPS) is 12.9. The zero-order valence-electron chi connectivity index (χ0n) is 24.0. The molecule has 1 aliphatic carbocycles. The maximum atomic E-state index is 5.32. The zero-order chi connectivity index (χ0) is 28.6. The zero-order valence-corrected chi connectivity index (χ0v) is 24.0. The van der Waals surface area contributed by atoms with E-state index >= 15 is 0 Å². The molecular weight excluding hydrogens is 500 g/mol. The molecule has 1 aliphatic rings. The Kier molecular flexibility index (Phi) is 8.66. The van der Waals surface area contributed by atoms with Gasteiger partial charge in [0, 0.05) is 35.5 Å². The van der Waals surface area contributed by atoms with Crippen molar-refractivity contribution in [3.05, 3.63) is 156 Å². The number of anilines is 4. The molecular formula is C38H36N2O. The number of allylic oxidation sites excluding steroid dienone is 7. The second-order valence-corrected chi connectivity index (χ2v) is 9.96. The standard InChI is InChI=1S/C38H36N2O/c1-5-30-12-10-11-15-33(30)28-29(2)40(36-18-16-32(17-19-36)31-13-8-6-7-9-14-31)37-22-20-34(21-23-37)39(3)35-24-26-38(41-4)27-25-35/h5-8,10-28H,1,9H2,2-4H3/b29-28+. The van der Waals surface area contributed by atoms with E-state index in [0.717, 1.165) is 51.7 Å². The van der Waals surface area contributed by atoms with E-state index in [2.05, 4.69) is 146 Å². The van der Waals surface area contributed by atoms with Gasteiger partial charge in [-0.25, -0.2) is 0 Å². The first-order chi connectivity index (χ1) is 20.1. The molecule has 0 heterocycles. The number of hydrogen-bond acceptors (Lipinski definition) is 3. The number of ether oxygens (including phenoxy) is 1. The van der Waals surface area contributed by atoms with Crippen LogP contribution in [-0.2, 0) is 0 Å². The molecule has 204 valence electrons. The SMILES string of the molecule is C=Cc1ccccc1/C=C(\C)N(c1ccc(C2=CCC=CC=C2)cc1)c1ccc(N(C)c2ccc(OC)cc2)cc1. The predicted octanol–water partition coefficient (Wildman–Crippen LogP) is 10.2. The van der Waals surface area contributed by atoms with Crippen molar-refractivity contribution in [1.29, 1.82) is 0 Å². The summed E-state index contributed by atoms with van der Waals surface area (Å²) in [6, 6.07) is 34.0. The summed E-state index contributed by atoms with van der Waals surface area (Å²) in [5.41, 5.74) is 10.2. The maximum Gasteiger partial charge on any atom is 0.119 e. The summed E-state index contributed by atoms with van der Waals surface area (Å²) in [5.74, 6) is 0.850. The number of methoxy groups -OCH3 is 1. The largest absolute Gasteiger partial charge is 0.497 e. The summed E-state index contributed by atoms with van der Waals surface area (Å²) in [5, 5.41) is 0. The van der Waals surface area contributed by atoms with Crippen molar-refractivity contribution in [3.63, 3.8) is 0 Å². The molecule has 0 aromatic heterocycles. The van der Waals surface area contributed by atoms with Gasteiger partial charge in [0.25, 0.3) is 0 Å². The first-order valence-corrected chi connectivity index (χ1v) is 13.9. The van der Waals surface area contributed by atoms with Crippen molar-refractivity contribution in [1.82, 2.24) is 0 Å². The lowest BCUT2D eigenvalue weighted by Crippen LogP contribution is -2.15. The van der Waals surface area contributed by atoms with E-state index in [9.17, 15) is 0 Å². The van der Waals surface area contributed by atoms with Gasteiger partial charge in [0.15, 0.2) is 0 Å². The number of benzene rings is 4. The number of rotatable bonds is 9. The van der Waals surface area contributed by atoms with Crippen molar-refractivity contribution >= 4 is 40.5 Å². The molecule has 3 heteroatoms. The van der Waals surface area contributed by atoms with Gasteiger partial charge in [0.05, 0.1) is 7.11 Å². The summed E-state index contributed by atoms with van der Waals surface area (Å²) in [4.78, 5) is 4.48. The van der Waals surface area contributed by atoms with Gasteiger partial charge in [-0.1, -0.05) is 79.4 Å². The lowest BCUT2D eigenvalue weighted by atomic mass is 10.0. The smallest absolute Gasteiger partial charge is 0.119 e. The molecule has 0 amide bonds. The highest BCUT2D eigenvalue weighted by atomic mass is 16.5. The van der Waals surface area contributed by atoms with E-state index in [1.54, 1.807) is 7.11 Å². The Labute approximate surface area is 244 Å².